The van der Waals surface area contributed by atoms with Crippen LogP contribution >= 0.6 is 19.7 Å². The average molecular weight is 436 g/mol. The molecule has 0 amide bonds. The van der Waals surface area contributed by atoms with Crippen molar-refractivity contribution in [3.8, 4) is 5.75 Å². The van der Waals surface area contributed by atoms with Gasteiger partial charge in [0.05, 0.1) is 5.66 Å². The van der Waals surface area contributed by atoms with Gasteiger partial charge in [0.15, 0.2) is 8.38 Å². The molecule has 0 spiro atoms. The van der Waals surface area contributed by atoms with E-state index >= 15 is 0 Å². The molecule has 28 heavy (non-hydrogen) atoms. The summed E-state index contributed by atoms with van der Waals surface area (Å²) in [6, 6.07) is 6.11. The van der Waals surface area contributed by atoms with Gasteiger partial charge in [0.2, 0.25) is 34.8 Å². The van der Waals surface area contributed by atoms with Crippen LogP contribution in [0, 0.1) is 29.1 Å². The zero-order chi connectivity index (χ0) is 20.7. The zero-order valence-corrected chi connectivity index (χ0v) is 15.6. The number of ether oxygens (including phenoxy) is 1. The summed E-state index contributed by atoms with van der Waals surface area (Å²) in [5.74, 6) is -14.3. The Morgan fingerprint density at radius 3 is 2.14 bits per heavy atom. The minimum atomic E-state index is -2.36. The molecule has 148 valence electrons. The molecule has 0 saturated carbocycles. The molecule has 11 heteroatoms. The number of benzene rings is 2. The molecule has 0 aliphatic rings. The van der Waals surface area contributed by atoms with Crippen LogP contribution in [-0.2, 0) is 0 Å². The molecule has 1 unspecified atom stereocenters. The largest absolute Gasteiger partial charge is 0.416 e. The van der Waals surface area contributed by atoms with Gasteiger partial charge in [-0.1, -0.05) is 6.07 Å². The predicted molar refractivity (Wildman–Crippen MR) is 92.8 cm³/mol. The van der Waals surface area contributed by atoms with Gasteiger partial charge in [-0.25, -0.2) is 18.0 Å². The summed E-state index contributed by atoms with van der Waals surface area (Å²) in [6.45, 7) is 1.59. The molecule has 2 aromatic carbocycles. The molecule has 0 saturated heterocycles. The Morgan fingerprint density at radius 2 is 1.57 bits per heavy atom. The van der Waals surface area contributed by atoms with Crippen LogP contribution in [0.1, 0.15) is 27.8 Å². The first-order valence-corrected chi connectivity index (χ1v) is 9.69. The number of carbonyl (C=O) groups is 1. The maximum Gasteiger partial charge on any atom is 0.353 e. The number of esters is 1. The molecular formula is C17H10F5O4PS. The Balaban J connectivity index is 1.95. The lowest BCUT2D eigenvalue weighted by Gasteiger charge is -2.12. The van der Waals surface area contributed by atoms with E-state index in [2.05, 4.69) is 4.74 Å². The van der Waals surface area contributed by atoms with E-state index < -0.39 is 54.8 Å². The highest BCUT2D eigenvalue weighted by atomic mass is 32.1. The van der Waals surface area contributed by atoms with Gasteiger partial charge in [0, 0.05) is 4.70 Å². The first kappa shape index (κ1) is 20.6. The highest BCUT2D eigenvalue weighted by Gasteiger charge is 2.29. The monoisotopic (exact) mass is 436 g/mol. The summed E-state index contributed by atoms with van der Waals surface area (Å²) in [5, 5.41) is 0.510. The van der Waals surface area contributed by atoms with Crippen molar-refractivity contribution in [2.75, 3.05) is 0 Å². The molecule has 0 bridgehead atoms. The Labute approximate surface area is 159 Å². The minimum Gasteiger partial charge on any atom is -0.416 e. The zero-order valence-electron chi connectivity index (χ0n) is 13.8. The molecule has 0 radical (unpaired) electrons. The molecule has 0 aliphatic carbocycles. The Morgan fingerprint density at radius 1 is 1.00 bits per heavy atom. The lowest BCUT2D eigenvalue weighted by molar-refractivity contribution is 0.0721. The van der Waals surface area contributed by atoms with Crippen molar-refractivity contribution in [2.45, 2.75) is 12.6 Å². The van der Waals surface area contributed by atoms with Gasteiger partial charge in [-0.15, -0.1) is 11.3 Å². The van der Waals surface area contributed by atoms with Gasteiger partial charge in [-0.05, 0) is 36.1 Å². The van der Waals surface area contributed by atoms with Crippen molar-refractivity contribution in [3.63, 3.8) is 0 Å². The highest BCUT2D eigenvalue weighted by Crippen LogP contribution is 2.44. The number of thiophene rings is 1. The van der Waals surface area contributed by atoms with Crippen LogP contribution in [0.3, 0.4) is 0 Å². The summed E-state index contributed by atoms with van der Waals surface area (Å²) in [6.07, 6.45) is 0. The van der Waals surface area contributed by atoms with Crippen molar-refractivity contribution in [2.24, 2.45) is 0 Å². The Kier molecular flexibility index (Phi) is 5.67. The molecule has 0 aliphatic heterocycles. The smallest absolute Gasteiger partial charge is 0.353 e. The lowest BCUT2D eigenvalue weighted by atomic mass is 10.1. The maximum atomic E-state index is 13.7. The quantitative estimate of drug-likeness (QED) is 0.148. The fourth-order valence-corrected chi connectivity index (χ4v) is 3.72. The van der Waals surface area contributed by atoms with E-state index in [1.54, 1.807) is 25.1 Å². The van der Waals surface area contributed by atoms with Gasteiger partial charge in [0.1, 0.15) is 4.88 Å². The molecule has 1 aromatic heterocycles. The predicted octanol–water partition coefficient (Wildman–Crippen LogP) is 5.17. The third-order valence-electron chi connectivity index (χ3n) is 3.93. The van der Waals surface area contributed by atoms with Crippen molar-refractivity contribution in [3.05, 3.63) is 63.8 Å². The number of hydrogen-bond donors (Lipinski definition) is 2. The third-order valence-corrected chi connectivity index (χ3v) is 6.02. The van der Waals surface area contributed by atoms with E-state index in [-0.39, 0.29) is 4.88 Å². The summed E-state index contributed by atoms with van der Waals surface area (Å²) < 4.78 is 71.8. The van der Waals surface area contributed by atoms with Gasteiger partial charge in [-0.2, -0.15) is 8.78 Å². The van der Waals surface area contributed by atoms with Gasteiger partial charge in [-0.3, -0.25) is 0 Å². The SMILES string of the molecule is CC(c1ccc2sc(C(=O)Oc3c(F)c(F)c(F)c(F)c3F)cc2c1)P(O)O. The maximum absolute atomic E-state index is 13.7. The Bertz CT molecular complexity index is 1060. The number of fused-ring (bicyclic) bond motifs is 1. The van der Waals surface area contributed by atoms with Gasteiger partial charge >= 0.3 is 5.97 Å². The first-order chi connectivity index (χ1) is 13.1. The van der Waals surface area contributed by atoms with E-state index in [0.717, 1.165) is 11.3 Å². The third kappa shape index (κ3) is 3.60. The summed E-state index contributed by atoms with van der Waals surface area (Å²) in [7, 11) is -2.22. The first-order valence-electron chi connectivity index (χ1n) is 7.56. The minimum absolute atomic E-state index is 0.140. The molecule has 2 N–H and O–H groups in total. The summed E-state index contributed by atoms with van der Waals surface area (Å²) in [5.41, 5.74) is 0.0316. The second kappa shape index (κ2) is 7.71. The molecule has 0 fully saturated rings. The normalized spacial score (nSPS) is 12.6. The van der Waals surface area contributed by atoms with Crippen LogP contribution in [0.15, 0.2) is 24.3 Å². The number of carbonyl (C=O) groups excluding carboxylic acids is 1. The van der Waals surface area contributed by atoms with E-state index in [1.165, 1.54) is 6.07 Å². The lowest BCUT2D eigenvalue weighted by Crippen LogP contribution is -2.12. The standard InChI is InChI=1S/C17H10F5O4PS/c1-6(27(24)25)7-2-3-9-8(4-7)5-10(28-9)17(23)26-16-14(21)12(19)11(18)13(20)15(16)22/h2-6,24-25H,1H3. The van der Waals surface area contributed by atoms with Crippen LogP contribution in [0.25, 0.3) is 10.1 Å². The fourth-order valence-electron chi connectivity index (χ4n) is 2.37. The van der Waals surface area contributed by atoms with Crippen molar-refractivity contribution >= 4 is 35.8 Å². The van der Waals surface area contributed by atoms with Crippen molar-refractivity contribution in [1.29, 1.82) is 0 Å². The summed E-state index contributed by atoms with van der Waals surface area (Å²) >= 11 is 0.876. The van der Waals surface area contributed by atoms with Crippen LogP contribution < -0.4 is 4.74 Å². The number of halogens is 5. The van der Waals surface area contributed by atoms with E-state index in [1.807, 2.05) is 0 Å². The van der Waals surface area contributed by atoms with E-state index in [9.17, 15) is 36.5 Å². The fraction of sp³-hybridized carbons (Fsp3) is 0.118. The van der Waals surface area contributed by atoms with Gasteiger partial charge in [0.25, 0.3) is 0 Å². The van der Waals surface area contributed by atoms with Crippen LogP contribution in [0.5, 0.6) is 5.75 Å². The van der Waals surface area contributed by atoms with E-state index in [0.29, 0.717) is 15.6 Å². The Hall–Kier alpha value is -2.13. The molecular weight excluding hydrogens is 426 g/mol. The van der Waals surface area contributed by atoms with Crippen LogP contribution in [0.4, 0.5) is 22.0 Å². The second-order valence-electron chi connectivity index (χ2n) is 5.69. The molecule has 4 nitrogen and oxygen atoms in total. The van der Waals surface area contributed by atoms with Crippen molar-refractivity contribution in [1.82, 2.24) is 0 Å². The summed E-state index contributed by atoms with van der Waals surface area (Å²) in [4.78, 5) is 30.6. The average Bonchev–Trinajstić information content (AvgIpc) is 3.10. The second-order valence-corrected chi connectivity index (χ2v) is 8.19. The molecule has 1 atom stereocenters. The van der Waals surface area contributed by atoms with Gasteiger partial charge < -0.3 is 14.5 Å². The molecule has 1 heterocycles. The number of rotatable bonds is 4. The van der Waals surface area contributed by atoms with Crippen LogP contribution in [0.2, 0.25) is 0 Å². The molecule has 3 aromatic rings. The van der Waals surface area contributed by atoms with Crippen molar-refractivity contribution < 1.29 is 41.3 Å². The van der Waals surface area contributed by atoms with Crippen LogP contribution in [-0.4, -0.2) is 15.8 Å². The van der Waals surface area contributed by atoms with E-state index in [4.69, 9.17) is 0 Å². The topological polar surface area (TPSA) is 66.8 Å². The molecule has 3 rings (SSSR count). The number of hydrogen-bond acceptors (Lipinski definition) is 5. The highest BCUT2D eigenvalue weighted by molar-refractivity contribution is 7.45.